The number of hydrogen-bond donors (Lipinski definition) is 1. The van der Waals surface area contributed by atoms with Gasteiger partial charge in [0.1, 0.15) is 5.01 Å². The number of aryl methyl sites for hydroxylation is 1. The Kier molecular flexibility index (Phi) is 4.45. The lowest BCUT2D eigenvalue weighted by molar-refractivity contribution is 0.443. The molecule has 2 heterocycles. The maximum absolute atomic E-state index is 4.77. The summed E-state index contributed by atoms with van der Waals surface area (Å²) in [5.41, 5.74) is 5.16. The van der Waals surface area contributed by atoms with Crippen molar-refractivity contribution in [3.05, 3.63) is 58.9 Å². The van der Waals surface area contributed by atoms with E-state index in [4.69, 9.17) is 4.98 Å². The number of nitrogens with zero attached hydrogens (tertiary/aromatic N) is 3. The Bertz CT molecular complexity index is 806. The third-order valence-corrected chi connectivity index (χ3v) is 5.62. The number of rotatable bonds is 5. The minimum Gasteiger partial charge on any atom is -0.308 e. The lowest BCUT2D eigenvalue weighted by atomic mass is 9.93. The molecular formula is C19H22N4S. The fraction of sp³-hybridized carbons (Fsp3) is 0.368. The van der Waals surface area contributed by atoms with Crippen LogP contribution in [-0.4, -0.2) is 20.8 Å². The first kappa shape index (κ1) is 15.5. The summed E-state index contributed by atoms with van der Waals surface area (Å²) < 4.78 is 2.14. The Labute approximate surface area is 146 Å². The summed E-state index contributed by atoms with van der Waals surface area (Å²) in [6, 6.07) is 10.9. The molecule has 0 bridgehead atoms. The van der Waals surface area contributed by atoms with Crippen molar-refractivity contribution < 1.29 is 0 Å². The van der Waals surface area contributed by atoms with E-state index in [0.29, 0.717) is 6.04 Å². The van der Waals surface area contributed by atoms with Gasteiger partial charge in [0, 0.05) is 35.8 Å². The first-order valence-corrected chi connectivity index (χ1v) is 9.48. The van der Waals surface area contributed by atoms with Gasteiger partial charge in [0.2, 0.25) is 0 Å². The van der Waals surface area contributed by atoms with Crippen molar-refractivity contribution >= 4 is 11.3 Å². The van der Waals surface area contributed by atoms with Crippen LogP contribution in [0.15, 0.2) is 41.9 Å². The highest BCUT2D eigenvalue weighted by molar-refractivity contribution is 7.13. The van der Waals surface area contributed by atoms with Crippen molar-refractivity contribution in [2.75, 3.05) is 0 Å². The average Bonchev–Trinajstić information content (AvgIpc) is 3.27. The number of hydrogen-bond acceptors (Lipinski definition) is 4. The summed E-state index contributed by atoms with van der Waals surface area (Å²) in [4.78, 5) is 4.77. The maximum Gasteiger partial charge on any atom is 0.123 e. The Morgan fingerprint density at radius 1 is 1.29 bits per heavy atom. The predicted octanol–water partition coefficient (Wildman–Crippen LogP) is 3.67. The summed E-state index contributed by atoms with van der Waals surface area (Å²) in [5, 5.41) is 11.4. The van der Waals surface area contributed by atoms with E-state index in [1.807, 2.05) is 12.3 Å². The number of thiazole rings is 1. The smallest absolute Gasteiger partial charge is 0.123 e. The second-order valence-corrected chi connectivity index (χ2v) is 7.12. The van der Waals surface area contributed by atoms with Crippen LogP contribution < -0.4 is 5.32 Å². The van der Waals surface area contributed by atoms with E-state index < -0.39 is 0 Å². The SMILES string of the molecule is CCn1ncc2c1CCC(NCc1csc(-c3ccccc3)n1)C2. The first-order chi connectivity index (χ1) is 11.8. The molecule has 24 heavy (non-hydrogen) atoms. The molecule has 5 heteroatoms. The minimum absolute atomic E-state index is 0.522. The molecule has 0 saturated carbocycles. The molecule has 1 atom stereocenters. The molecule has 1 aromatic carbocycles. The van der Waals surface area contributed by atoms with Crippen molar-refractivity contribution in [2.45, 2.75) is 45.3 Å². The van der Waals surface area contributed by atoms with Crippen LogP contribution in [0.4, 0.5) is 0 Å². The van der Waals surface area contributed by atoms with Crippen LogP contribution in [0.3, 0.4) is 0 Å². The second-order valence-electron chi connectivity index (χ2n) is 6.26. The van der Waals surface area contributed by atoms with E-state index in [-0.39, 0.29) is 0 Å². The van der Waals surface area contributed by atoms with Crippen LogP contribution in [0.25, 0.3) is 10.6 Å². The van der Waals surface area contributed by atoms with Gasteiger partial charge in [-0.25, -0.2) is 4.98 Å². The number of benzene rings is 1. The van der Waals surface area contributed by atoms with Gasteiger partial charge in [-0.1, -0.05) is 30.3 Å². The Morgan fingerprint density at radius 2 is 2.17 bits per heavy atom. The summed E-state index contributed by atoms with van der Waals surface area (Å²) in [6.45, 7) is 3.96. The standard InChI is InChI=1S/C19H22N4S/c1-2-23-18-9-8-16(10-15(18)11-21-23)20-12-17-13-24-19(22-17)14-6-4-3-5-7-14/h3-7,11,13,16,20H,2,8-10,12H2,1H3. The van der Waals surface area contributed by atoms with Gasteiger partial charge in [0.15, 0.2) is 0 Å². The highest BCUT2D eigenvalue weighted by Gasteiger charge is 2.21. The van der Waals surface area contributed by atoms with Crippen LogP contribution in [-0.2, 0) is 25.9 Å². The highest BCUT2D eigenvalue weighted by atomic mass is 32.1. The largest absolute Gasteiger partial charge is 0.308 e. The second kappa shape index (κ2) is 6.87. The van der Waals surface area contributed by atoms with Crippen molar-refractivity contribution in [2.24, 2.45) is 0 Å². The minimum atomic E-state index is 0.522. The number of aromatic nitrogens is 3. The molecule has 1 N–H and O–H groups in total. The topological polar surface area (TPSA) is 42.7 Å². The van der Waals surface area contributed by atoms with Gasteiger partial charge >= 0.3 is 0 Å². The van der Waals surface area contributed by atoms with Gasteiger partial charge in [-0.05, 0) is 31.7 Å². The highest BCUT2D eigenvalue weighted by Crippen LogP contribution is 2.24. The van der Waals surface area contributed by atoms with Crippen LogP contribution >= 0.6 is 11.3 Å². The first-order valence-electron chi connectivity index (χ1n) is 8.60. The molecule has 124 valence electrons. The van der Waals surface area contributed by atoms with E-state index >= 15 is 0 Å². The molecule has 3 aromatic rings. The van der Waals surface area contributed by atoms with E-state index in [9.17, 15) is 0 Å². The van der Waals surface area contributed by atoms with Gasteiger partial charge in [0.05, 0.1) is 11.9 Å². The summed E-state index contributed by atoms with van der Waals surface area (Å²) >= 11 is 1.72. The third kappa shape index (κ3) is 3.14. The van der Waals surface area contributed by atoms with Crippen LogP contribution in [0.1, 0.15) is 30.3 Å². The van der Waals surface area contributed by atoms with Crippen LogP contribution in [0.2, 0.25) is 0 Å². The molecule has 2 aromatic heterocycles. The molecule has 1 aliphatic carbocycles. The lowest BCUT2D eigenvalue weighted by Crippen LogP contribution is -2.34. The average molecular weight is 338 g/mol. The monoisotopic (exact) mass is 338 g/mol. The zero-order valence-electron chi connectivity index (χ0n) is 13.9. The van der Waals surface area contributed by atoms with Gasteiger partial charge in [-0.15, -0.1) is 11.3 Å². The molecule has 0 radical (unpaired) electrons. The van der Waals surface area contributed by atoms with Gasteiger partial charge in [-0.3, -0.25) is 4.68 Å². The Morgan fingerprint density at radius 3 is 3.00 bits per heavy atom. The lowest BCUT2D eigenvalue weighted by Gasteiger charge is -2.23. The number of nitrogens with one attached hydrogen (secondary N) is 1. The van der Waals surface area contributed by atoms with Crippen molar-refractivity contribution in [1.82, 2.24) is 20.1 Å². The van der Waals surface area contributed by atoms with Crippen LogP contribution in [0.5, 0.6) is 0 Å². The molecular weight excluding hydrogens is 316 g/mol. The van der Waals surface area contributed by atoms with E-state index in [0.717, 1.165) is 36.6 Å². The fourth-order valence-corrected chi connectivity index (χ4v) is 4.21. The molecule has 0 amide bonds. The molecule has 4 rings (SSSR count). The maximum atomic E-state index is 4.77. The zero-order valence-corrected chi connectivity index (χ0v) is 14.7. The molecule has 0 aliphatic heterocycles. The zero-order chi connectivity index (χ0) is 16.4. The van der Waals surface area contributed by atoms with Gasteiger partial charge in [0.25, 0.3) is 0 Å². The van der Waals surface area contributed by atoms with Crippen molar-refractivity contribution in [3.8, 4) is 10.6 Å². The van der Waals surface area contributed by atoms with E-state index in [2.05, 4.69) is 51.7 Å². The van der Waals surface area contributed by atoms with Crippen LogP contribution in [0, 0.1) is 0 Å². The quantitative estimate of drug-likeness (QED) is 0.772. The molecule has 4 nitrogen and oxygen atoms in total. The molecule has 1 unspecified atom stereocenters. The summed E-state index contributed by atoms with van der Waals surface area (Å²) in [7, 11) is 0. The van der Waals surface area contributed by atoms with Gasteiger partial charge in [-0.2, -0.15) is 5.10 Å². The third-order valence-electron chi connectivity index (χ3n) is 4.67. The fourth-order valence-electron chi connectivity index (χ4n) is 3.39. The Balaban J connectivity index is 1.37. The molecule has 0 saturated heterocycles. The van der Waals surface area contributed by atoms with Crippen molar-refractivity contribution in [1.29, 1.82) is 0 Å². The van der Waals surface area contributed by atoms with E-state index in [1.54, 1.807) is 11.3 Å². The normalized spacial score (nSPS) is 17.0. The van der Waals surface area contributed by atoms with E-state index in [1.165, 1.54) is 23.2 Å². The summed E-state index contributed by atoms with van der Waals surface area (Å²) in [5.74, 6) is 0. The molecule has 0 fully saturated rings. The number of fused-ring (bicyclic) bond motifs is 1. The predicted molar refractivity (Wildman–Crippen MR) is 98.1 cm³/mol. The van der Waals surface area contributed by atoms with Gasteiger partial charge < -0.3 is 5.32 Å². The molecule has 1 aliphatic rings. The van der Waals surface area contributed by atoms with Crippen molar-refractivity contribution in [3.63, 3.8) is 0 Å². The summed E-state index contributed by atoms with van der Waals surface area (Å²) in [6.07, 6.45) is 5.41. The Hall–Kier alpha value is -1.98. The molecule has 0 spiro atoms.